The second-order valence-corrected chi connectivity index (χ2v) is 9.12. The van der Waals surface area contributed by atoms with E-state index < -0.39 is 91.5 Å². The molecule has 15 heteroatoms. The highest BCUT2D eigenvalue weighted by Gasteiger charge is 2.56. The van der Waals surface area contributed by atoms with E-state index in [4.69, 9.17) is 23.7 Å². The molecular formula is C27H34N2O13. The molecule has 1 heterocycles. The highest BCUT2D eigenvalue weighted by molar-refractivity contribution is 5.90. The second-order valence-electron chi connectivity index (χ2n) is 9.12. The number of methoxy groups -OCH3 is 1. The summed E-state index contributed by atoms with van der Waals surface area (Å²) in [7, 11) is 1.13. The number of nitrogens with one attached hydrogen (secondary N) is 1. The smallest absolute Gasteiger partial charge is 0.325 e. The van der Waals surface area contributed by atoms with Crippen LogP contribution in [-0.2, 0) is 62.0 Å². The molecule has 0 aromatic heterocycles. The zero-order valence-corrected chi connectivity index (χ0v) is 24.0. The Hall–Kier alpha value is -4.53. The summed E-state index contributed by atoms with van der Waals surface area (Å²) in [6.07, 6.45) is -7.73. The summed E-state index contributed by atoms with van der Waals surface area (Å²) < 4.78 is 32.0. The maximum atomic E-state index is 13.5. The Labute approximate surface area is 241 Å². The van der Waals surface area contributed by atoms with Crippen LogP contribution in [-0.4, -0.2) is 97.5 Å². The van der Waals surface area contributed by atoms with E-state index in [0.717, 1.165) is 46.6 Å². The Kier molecular flexibility index (Phi) is 12.4. The number of carbonyl (C=O) groups is 7. The van der Waals surface area contributed by atoms with E-state index in [2.05, 4.69) is 10.1 Å². The highest BCUT2D eigenvalue weighted by Crippen LogP contribution is 2.35. The highest BCUT2D eigenvalue weighted by atomic mass is 16.7. The molecule has 1 N–H and O–H groups in total. The zero-order chi connectivity index (χ0) is 31.6. The van der Waals surface area contributed by atoms with E-state index in [1.807, 2.05) is 0 Å². The van der Waals surface area contributed by atoms with Crippen molar-refractivity contribution < 1.29 is 62.0 Å². The molecule has 15 nitrogen and oxygen atoms in total. The first-order valence-electron chi connectivity index (χ1n) is 12.8. The van der Waals surface area contributed by atoms with Crippen molar-refractivity contribution in [2.75, 3.05) is 20.3 Å². The average Bonchev–Trinajstić information content (AvgIpc) is 2.91. The van der Waals surface area contributed by atoms with Gasteiger partial charge in [0.1, 0.15) is 25.3 Å². The van der Waals surface area contributed by atoms with Crippen molar-refractivity contribution in [2.45, 2.75) is 71.3 Å². The predicted octanol–water partition coefficient (Wildman–Crippen LogP) is -0.0515. The first kappa shape index (κ1) is 33.7. The van der Waals surface area contributed by atoms with Gasteiger partial charge in [0, 0.05) is 34.6 Å². The molecule has 0 saturated carbocycles. The second kappa shape index (κ2) is 15.5. The number of nitrogens with zero attached hydrogens (tertiary/aromatic N) is 1. The van der Waals surface area contributed by atoms with Gasteiger partial charge in [-0.15, -0.1) is 0 Å². The summed E-state index contributed by atoms with van der Waals surface area (Å²) in [6.45, 7) is 4.32. The zero-order valence-electron chi connectivity index (χ0n) is 24.0. The minimum atomic E-state index is -1.67. The Balaban J connectivity index is 2.75. The van der Waals surface area contributed by atoms with E-state index in [-0.39, 0.29) is 5.56 Å². The molecule has 6 atom stereocenters. The number of rotatable bonds is 11. The van der Waals surface area contributed by atoms with E-state index in [9.17, 15) is 33.6 Å². The summed E-state index contributed by atoms with van der Waals surface area (Å²) in [5, 5.41) is 2.40. The van der Waals surface area contributed by atoms with Gasteiger partial charge in [0.05, 0.1) is 7.11 Å². The normalized spacial score (nSPS) is 22.0. The van der Waals surface area contributed by atoms with Crippen LogP contribution in [0.3, 0.4) is 0 Å². The van der Waals surface area contributed by atoms with Gasteiger partial charge < -0.3 is 33.7 Å². The third-order valence-corrected chi connectivity index (χ3v) is 5.88. The van der Waals surface area contributed by atoms with Gasteiger partial charge in [-0.2, -0.15) is 0 Å². The van der Waals surface area contributed by atoms with Crippen molar-refractivity contribution in [2.24, 2.45) is 0 Å². The van der Waals surface area contributed by atoms with Crippen molar-refractivity contribution in [3.8, 4) is 0 Å². The molecule has 1 aromatic rings. The topological polar surface area (TPSA) is 190 Å². The van der Waals surface area contributed by atoms with Crippen LogP contribution in [0, 0.1) is 0 Å². The molecule has 0 spiro atoms. The Morgan fingerprint density at radius 1 is 0.810 bits per heavy atom. The fraction of sp³-hybridized carbons (Fsp3) is 0.519. The van der Waals surface area contributed by atoms with Crippen molar-refractivity contribution in [1.82, 2.24) is 10.2 Å². The molecule has 230 valence electrons. The number of ether oxygens (including phenoxy) is 6. The summed E-state index contributed by atoms with van der Waals surface area (Å²) in [5.74, 6) is -5.69. The maximum absolute atomic E-state index is 13.5. The van der Waals surface area contributed by atoms with Crippen molar-refractivity contribution in [1.29, 1.82) is 0 Å². The molecule has 42 heavy (non-hydrogen) atoms. The molecular weight excluding hydrogens is 560 g/mol. The van der Waals surface area contributed by atoms with Crippen LogP contribution in [0.5, 0.6) is 0 Å². The number of hydrogen-bond donors (Lipinski definition) is 1. The first-order valence-corrected chi connectivity index (χ1v) is 12.8. The fourth-order valence-electron chi connectivity index (χ4n) is 4.34. The van der Waals surface area contributed by atoms with E-state index in [0.29, 0.717) is 0 Å². The minimum absolute atomic E-state index is 0.267. The fourth-order valence-corrected chi connectivity index (χ4v) is 4.34. The predicted molar refractivity (Wildman–Crippen MR) is 139 cm³/mol. The molecule has 1 unspecified atom stereocenters. The van der Waals surface area contributed by atoms with Gasteiger partial charge in [0.15, 0.2) is 24.5 Å². The standard InChI is InChI=1S/C27H34N2O13/c1-14(30)29(22(19-10-8-7-9-11-19)26(36)28-12-21(35)37-6)27-25(41-18(5)34)24(40-17(4)33)23(39-16(3)32)20(42-27)13-38-15(2)31/h7-11,20,22-25,27H,12-13H2,1-6H3,(H,28,36)/t20-,22?,23+,24+,25-,27-/m1/s1. The molecule has 2 rings (SSSR count). The molecule has 1 saturated heterocycles. The SMILES string of the molecule is COC(=O)CNC(=O)C(c1ccccc1)N(C(C)=O)[C@@H]1O[C@H](COC(C)=O)[C@H](OC(C)=O)[C@H](OC(C)=O)[C@H]1OC(C)=O. The lowest BCUT2D eigenvalue weighted by Crippen LogP contribution is -2.67. The lowest BCUT2D eigenvalue weighted by molar-refractivity contribution is -0.278. The molecule has 0 aliphatic carbocycles. The first-order chi connectivity index (χ1) is 19.8. The van der Waals surface area contributed by atoms with Gasteiger partial charge in [0.2, 0.25) is 11.8 Å². The summed E-state index contributed by atoms with van der Waals surface area (Å²) >= 11 is 0. The van der Waals surface area contributed by atoms with Crippen LogP contribution < -0.4 is 5.32 Å². The quantitative estimate of drug-likeness (QED) is 0.265. The van der Waals surface area contributed by atoms with Crippen LogP contribution in [0.15, 0.2) is 30.3 Å². The van der Waals surface area contributed by atoms with Gasteiger partial charge in [-0.05, 0) is 5.56 Å². The molecule has 1 fully saturated rings. The van der Waals surface area contributed by atoms with Crippen LogP contribution in [0.1, 0.15) is 46.2 Å². The van der Waals surface area contributed by atoms with Crippen molar-refractivity contribution >= 4 is 41.7 Å². The number of benzene rings is 1. The Morgan fingerprint density at radius 2 is 1.36 bits per heavy atom. The number of carbonyl (C=O) groups excluding carboxylic acids is 7. The van der Waals surface area contributed by atoms with Gasteiger partial charge in [-0.3, -0.25) is 38.5 Å². The van der Waals surface area contributed by atoms with Gasteiger partial charge in [-0.25, -0.2) is 0 Å². The van der Waals surface area contributed by atoms with Crippen molar-refractivity contribution in [3.05, 3.63) is 35.9 Å². The van der Waals surface area contributed by atoms with Crippen molar-refractivity contribution in [3.63, 3.8) is 0 Å². The molecule has 0 radical (unpaired) electrons. The third-order valence-electron chi connectivity index (χ3n) is 5.88. The molecule has 2 amide bonds. The summed E-state index contributed by atoms with van der Waals surface area (Å²) in [5.41, 5.74) is 0.267. The summed E-state index contributed by atoms with van der Waals surface area (Å²) in [4.78, 5) is 87.7. The lowest BCUT2D eigenvalue weighted by Gasteiger charge is -2.48. The largest absolute Gasteiger partial charge is 0.468 e. The average molecular weight is 595 g/mol. The third kappa shape index (κ3) is 9.26. The Morgan fingerprint density at radius 3 is 1.86 bits per heavy atom. The van der Waals surface area contributed by atoms with E-state index >= 15 is 0 Å². The molecule has 1 aliphatic heterocycles. The van der Waals surface area contributed by atoms with E-state index in [1.54, 1.807) is 18.2 Å². The monoisotopic (exact) mass is 594 g/mol. The molecule has 1 aliphatic rings. The van der Waals surface area contributed by atoms with Crippen LogP contribution in [0.4, 0.5) is 0 Å². The minimum Gasteiger partial charge on any atom is -0.468 e. The lowest BCUT2D eigenvalue weighted by atomic mass is 9.94. The molecule has 0 bridgehead atoms. The van der Waals surface area contributed by atoms with Gasteiger partial charge >= 0.3 is 29.8 Å². The van der Waals surface area contributed by atoms with Crippen LogP contribution in [0.2, 0.25) is 0 Å². The molecule has 1 aromatic carbocycles. The maximum Gasteiger partial charge on any atom is 0.325 e. The van der Waals surface area contributed by atoms with Gasteiger partial charge in [0.25, 0.3) is 0 Å². The van der Waals surface area contributed by atoms with Gasteiger partial charge in [-0.1, -0.05) is 30.3 Å². The van der Waals surface area contributed by atoms with Crippen LogP contribution in [0.25, 0.3) is 0 Å². The number of amides is 2. The summed E-state index contributed by atoms with van der Waals surface area (Å²) in [6, 6.07) is 6.43. The van der Waals surface area contributed by atoms with Crippen LogP contribution >= 0.6 is 0 Å². The Bertz CT molecular complexity index is 1170. The number of hydrogen-bond acceptors (Lipinski definition) is 13. The van der Waals surface area contributed by atoms with E-state index in [1.165, 1.54) is 12.1 Å². The number of esters is 5.